The Hall–Kier alpha value is -2.70. The van der Waals surface area contributed by atoms with Crippen LogP contribution in [0.1, 0.15) is 16.7 Å². The van der Waals surface area contributed by atoms with Gasteiger partial charge in [0.2, 0.25) is 0 Å². The lowest BCUT2D eigenvalue weighted by Gasteiger charge is -2.16. The molecule has 0 unspecified atom stereocenters. The van der Waals surface area contributed by atoms with E-state index in [2.05, 4.69) is 5.32 Å². The van der Waals surface area contributed by atoms with E-state index >= 15 is 0 Å². The number of benzene rings is 2. The van der Waals surface area contributed by atoms with Crippen LogP contribution in [0.3, 0.4) is 0 Å². The molecule has 0 spiro atoms. The molecule has 1 fully saturated rings. The number of rotatable bonds is 5. The van der Waals surface area contributed by atoms with Crippen molar-refractivity contribution in [3.8, 4) is 5.75 Å². The summed E-state index contributed by atoms with van der Waals surface area (Å²) < 4.78 is 10.5. The predicted molar refractivity (Wildman–Crippen MR) is 106 cm³/mol. The lowest BCUT2D eigenvalue weighted by molar-refractivity contribution is -0.113. The highest BCUT2D eigenvalue weighted by Gasteiger charge is 2.32. The summed E-state index contributed by atoms with van der Waals surface area (Å²) in [6.45, 7) is 2.38. The number of aryl methyl sites for hydroxylation is 1. The third kappa shape index (κ3) is 3.47. The number of carbonyl (C=O) groups excluding carboxylic acids is 1. The van der Waals surface area contributed by atoms with Crippen LogP contribution in [0.15, 0.2) is 48.2 Å². The Bertz CT molecular complexity index is 892. The van der Waals surface area contributed by atoms with Crippen LogP contribution in [0.5, 0.6) is 5.75 Å². The molecule has 0 radical (unpaired) electrons. The van der Waals surface area contributed by atoms with Crippen molar-refractivity contribution in [1.82, 2.24) is 5.32 Å². The summed E-state index contributed by atoms with van der Waals surface area (Å²) in [5, 5.41) is 3.39. The Kier molecular flexibility index (Phi) is 5.35. The molecule has 5 nitrogen and oxygen atoms in total. The van der Waals surface area contributed by atoms with Gasteiger partial charge in [-0.1, -0.05) is 24.3 Å². The van der Waals surface area contributed by atoms with Crippen LogP contribution in [0, 0.1) is 6.92 Å². The number of nitrogens with one attached hydrogen (secondary N) is 1. The molecule has 1 aliphatic rings. The molecule has 134 valence electrons. The van der Waals surface area contributed by atoms with Crippen molar-refractivity contribution in [2.45, 2.75) is 13.5 Å². The topological polar surface area (TPSA) is 50.8 Å². The molecule has 3 rings (SSSR count). The van der Waals surface area contributed by atoms with E-state index in [1.165, 1.54) is 4.90 Å². The molecule has 2 aromatic carbocycles. The highest BCUT2D eigenvalue weighted by Crippen LogP contribution is 2.27. The average Bonchev–Trinajstić information content (AvgIpc) is 2.90. The number of para-hydroxylation sites is 1. The lowest BCUT2D eigenvalue weighted by atomic mass is 10.1. The maximum atomic E-state index is 12.9. The van der Waals surface area contributed by atoms with Crippen LogP contribution >= 0.6 is 12.2 Å². The van der Waals surface area contributed by atoms with Crippen LogP contribution in [0.25, 0.3) is 6.08 Å². The van der Waals surface area contributed by atoms with Crippen molar-refractivity contribution < 1.29 is 14.3 Å². The third-order valence-electron chi connectivity index (χ3n) is 4.15. The maximum absolute atomic E-state index is 12.9. The molecule has 0 atom stereocenters. The van der Waals surface area contributed by atoms with Crippen molar-refractivity contribution in [3.05, 3.63) is 64.9 Å². The summed E-state index contributed by atoms with van der Waals surface area (Å²) in [4.78, 5) is 14.4. The van der Waals surface area contributed by atoms with Crippen LogP contribution in [-0.2, 0) is 16.1 Å². The van der Waals surface area contributed by atoms with Crippen LogP contribution < -0.4 is 15.0 Å². The number of ether oxygens (including phenoxy) is 2. The summed E-state index contributed by atoms with van der Waals surface area (Å²) in [7, 11) is 3.25. The van der Waals surface area contributed by atoms with Gasteiger partial charge in [0.25, 0.3) is 5.91 Å². The molecule has 1 saturated heterocycles. The van der Waals surface area contributed by atoms with E-state index in [4.69, 9.17) is 21.7 Å². The molecular weight excluding hydrogens is 348 g/mol. The molecule has 1 amide bonds. The predicted octanol–water partition coefficient (Wildman–Crippen LogP) is 3.41. The Morgan fingerprint density at radius 3 is 2.65 bits per heavy atom. The highest BCUT2D eigenvalue weighted by molar-refractivity contribution is 7.80. The Balaban J connectivity index is 1.93. The second kappa shape index (κ2) is 7.68. The van der Waals surface area contributed by atoms with E-state index in [1.54, 1.807) is 20.3 Å². The van der Waals surface area contributed by atoms with Crippen molar-refractivity contribution in [3.63, 3.8) is 0 Å². The van der Waals surface area contributed by atoms with E-state index in [-0.39, 0.29) is 5.91 Å². The van der Waals surface area contributed by atoms with Crippen LogP contribution in [0.2, 0.25) is 0 Å². The number of amides is 1. The van der Waals surface area contributed by atoms with Crippen molar-refractivity contribution in [2.75, 3.05) is 19.1 Å². The second-order valence-corrected chi connectivity index (χ2v) is 6.31. The Labute approximate surface area is 158 Å². The molecule has 2 aromatic rings. The number of methoxy groups -OCH3 is 2. The third-order valence-corrected chi connectivity index (χ3v) is 4.43. The molecule has 0 aromatic heterocycles. The summed E-state index contributed by atoms with van der Waals surface area (Å²) in [6, 6.07) is 13.3. The van der Waals surface area contributed by atoms with Gasteiger partial charge in [0.1, 0.15) is 11.4 Å². The maximum Gasteiger partial charge on any atom is 0.281 e. The molecule has 26 heavy (non-hydrogen) atoms. The van der Waals surface area contributed by atoms with Crippen molar-refractivity contribution in [1.29, 1.82) is 0 Å². The standard InChI is InChI=1S/C20H20N2O3S/c1-13-6-4-5-7-17(13)22-19(23)16(21-20(22)26)11-14-8-9-18(25-3)15(10-14)12-24-2/h4-11H,12H2,1-3H3,(H,21,26)/b16-11+. The van der Waals surface area contributed by atoms with Gasteiger partial charge >= 0.3 is 0 Å². The fraction of sp³-hybridized carbons (Fsp3) is 0.200. The fourth-order valence-electron chi connectivity index (χ4n) is 2.89. The first-order valence-corrected chi connectivity index (χ1v) is 8.54. The normalized spacial score (nSPS) is 15.5. The van der Waals surface area contributed by atoms with E-state index < -0.39 is 0 Å². The first kappa shape index (κ1) is 18.1. The van der Waals surface area contributed by atoms with Gasteiger partial charge in [0, 0.05) is 12.7 Å². The minimum absolute atomic E-state index is 0.173. The van der Waals surface area contributed by atoms with Gasteiger partial charge in [0.15, 0.2) is 5.11 Å². The van der Waals surface area contributed by atoms with E-state index in [1.807, 2.05) is 49.4 Å². The SMILES string of the molecule is COCc1cc(/C=C2/NC(=S)N(c3ccccc3C)C2=O)ccc1OC. The van der Waals surface area contributed by atoms with Gasteiger partial charge in [-0.15, -0.1) is 0 Å². The van der Waals surface area contributed by atoms with E-state index in [0.29, 0.717) is 17.4 Å². The zero-order chi connectivity index (χ0) is 18.7. The lowest BCUT2D eigenvalue weighted by Crippen LogP contribution is -2.30. The molecule has 1 heterocycles. The largest absolute Gasteiger partial charge is 0.496 e. The molecule has 1 aliphatic heterocycles. The van der Waals surface area contributed by atoms with Gasteiger partial charge in [-0.05, 0) is 54.5 Å². The molecule has 6 heteroatoms. The number of hydrogen-bond acceptors (Lipinski definition) is 4. The minimum atomic E-state index is -0.173. The quantitative estimate of drug-likeness (QED) is 0.647. The van der Waals surface area contributed by atoms with Gasteiger partial charge < -0.3 is 14.8 Å². The number of nitrogens with zero attached hydrogens (tertiary/aromatic N) is 1. The smallest absolute Gasteiger partial charge is 0.281 e. The molecular formula is C20H20N2O3S. The number of anilines is 1. The monoisotopic (exact) mass is 368 g/mol. The highest BCUT2D eigenvalue weighted by atomic mass is 32.1. The van der Waals surface area contributed by atoms with E-state index in [0.717, 1.165) is 28.1 Å². The number of carbonyl (C=O) groups is 1. The van der Waals surface area contributed by atoms with Gasteiger partial charge in [-0.2, -0.15) is 0 Å². The minimum Gasteiger partial charge on any atom is -0.496 e. The summed E-state index contributed by atoms with van der Waals surface area (Å²) >= 11 is 5.37. The van der Waals surface area contributed by atoms with Gasteiger partial charge in [-0.3, -0.25) is 9.69 Å². The average molecular weight is 368 g/mol. The summed E-state index contributed by atoms with van der Waals surface area (Å²) in [6.07, 6.45) is 1.78. The van der Waals surface area contributed by atoms with E-state index in [9.17, 15) is 4.79 Å². The zero-order valence-corrected chi connectivity index (χ0v) is 15.7. The number of hydrogen-bond donors (Lipinski definition) is 1. The van der Waals surface area contributed by atoms with Crippen LogP contribution in [0.4, 0.5) is 5.69 Å². The number of thiocarbonyl (C=S) groups is 1. The molecule has 0 bridgehead atoms. The summed E-state index contributed by atoms with van der Waals surface area (Å²) in [5.41, 5.74) is 3.98. The van der Waals surface area contributed by atoms with Crippen molar-refractivity contribution >= 4 is 35.0 Å². The fourth-order valence-corrected chi connectivity index (χ4v) is 3.18. The van der Waals surface area contributed by atoms with Crippen molar-refractivity contribution in [2.24, 2.45) is 0 Å². The molecule has 1 N–H and O–H groups in total. The molecule has 0 aliphatic carbocycles. The van der Waals surface area contributed by atoms with Crippen LogP contribution in [-0.4, -0.2) is 25.2 Å². The van der Waals surface area contributed by atoms with Gasteiger partial charge in [0.05, 0.1) is 19.4 Å². The Morgan fingerprint density at radius 2 is 1.96 bits per heavy atom. The molecule has 0 saturated carbocycles. The first-order valence-electron chi connectivity index (χ1n) is 8.13. The second-order valence-electron chi connectivity index (χ2n) is 5.92. The van der Waals surface area contributed by atoms with Gasteiger partial charge in [-0.25, -0.2) is 0 Å². The zero-order valence-electron chi connectivity index (χ0n) is 14.9. The Morgan fingerprint density at radius 1 is 1.19 bits per heavy atom. The first-order chi connectivity index (χ1) is 12.5. The summed E-state index contributed by atoms with van der Waals surface area (Å²) in [5.74, 6) is 0.574.